The number of nitrogens with two attached hydrogens (primary N) is 2. The molecule has 0 heterocycles. The summed E-state index contributed by atoms with van der Waals surface area (Å²) in [7, 11) is 0. The molecule has 0 bridgehead atoms. The van der Waals surface area contributed by atoms with Crippen LogP contribution in [0.1, 0.15) is 6.42 Å². The second kappa shape index (κ2) is 12.1. The van der Waals surface area contributed by atoms with E-state index in [0.29, 0.717) is 0 Å². The SMILES string of the molecule is NC(=O)CC(NC(=O)C(N)CO)C(=O)NC(CO)C(=O)NC(CS)C(=O)O. The molecule has 0 aliphatic rings. The van der Waals surface area contributed by atoms with E-state index >= 15 is 0 Å². The van der Waals surface area contributed by atoms with Crippen molar-refractivity contribution in [3.05, 3.63) is 0 Å². The van der Waals surface area contributed by atoms with Gasteiger partial charge in [-0.05, 0) is 0 Å². The lowest BCUT2D eigenvalue weighted by molar-refractivity contribution is -0.142. The van der Waals surface area contributed by atoms with Crippen LogP contribution < -0.4 is 27.4 Å². The van der Waals surface area contributed by atoms with Gasteiger partial charge in [0.2, 0.25) is 23.6 Å². The van der Waals surface area contributed by atoms with E-state index < -0.39 is 73.4 Å². The number of hydrogen-bond acceptors (Lipinski definition) is 9. The molecule has 0 aliphatic heterocycles. The van der Waals surface area contributed by atoms with Crippen LogP contribution in [0.15, 0.2) is 0 Å². The standard InChI is InChI=1S/C13H23N5O8S/c14-5(2-19)10(22)16-6(1-9(15)21)11(23)17-7(3-20)12(24)18-8(4-27)13(25)26/h5-8,19-20,27H,1-4,14H2,(H2,15,21)(H,16,22)(H,17,23)(H,18,24)(H,25,26). The van der Waals surface area contributed by atoms with Gasteiger partial charge in [-0.1, -0.05) is 0 Å². The molecule has 0 spiro atoms. The number of rotatable bonds is 12. The van der Waals surface area contributed by atoms with Crippen LogP contribution in [0.25, 0.3) is 0 Å². The van der Waals surface area contributed by atoms with Crippen molar-refractivity contribution in [2.24, 2.45) is 11.5 Å². The Morgan fingerprint density at radius 2 is 1.33 bits per heavy atom. The summed E-state index contributed by atoms with van der Waals surface area (Å²) in [5.74, 6) is -5.61. The zero-order valence-corrected chi connectivity index (χ0v) is 15.0. The van der Waals surface area contributed by atoms with E-state index in [0.717, 1.165) is 0 Å². The molecule has 10 N–H and O–H groups in total. The predicted octanol–water partition coefficient (Wildman–Crippen LogP) is -5.36. The number of carboxylic acids is 1. The summed E-state index contributed by atoms with van der Waals surface area (Å²) < 4.78 is 0. The van der Waals surface area contributed by atoms with Gasteiger partial charge in [-0.2, -0.15) is 12.6 Å². The fraction of sp³-hybridized carbons (Fsp3) is 0.615. The Kier molecular flexibility index (Phi) is 11.0. The zero-order chi connectivity index (χ0) is 21.1. The van der Waals surface area contributed by atoms with E-state index in [-0.39, 0.29) is 5.75 Å². The summed E-state index contributed by atoms with van der Waals surface area (Å²) >= 11 is 3.76. The highest BCUT2D eigenvalue weighted by molar-refractivity contribution is 7.80. The molecule has 0 saturated carbocycles. The van der Waals surface area contributed by atoms with Crippen LogP contribution in [-0.2, 0) is 24.0 Å². The molecule has 0 rings (SSSR count). The predicted molar refractivity (Wildman–Crippen MR) is 93.2 cm³/mol. The summed E-state index contributed by atoms with van der Waals surface area (Å²) in [6.07, 6.45) is -0.649. The number of carbonyl (C=O) groups excluding carboxylic acids is 4. The number of carboxylic acid groups (broad SMARTS) is 1. The summed E-state index contributed by atoms with van der Waals surface area (Å²) in [6.45, 7) is -1.62. The fourth-order valence-corrected chi connectivity index (χ4v) is 1.94. The van der Waals surface area contributed by atoms with Crippen LogP contribution >= 0.6 is 12.6 Å². The first kappa shape index (κ1) is 24.6. The molecule has 0 aromatic carbocycles. The molecule has 0 aliphatic carbocycles. The molecule has 4 atom stereocenters. The number of aliphatic carboxylic acids is 1. The first-order chi connectivity index (χ1) is 12.6. The summed E-state index contributed by atoms with van der Waals surface area (Å²) in [6, 6.07) is -5.83. The topological polar surface area (TPSA) is 234 Å². The normalized spacial score (nSPS) is 15.0. The van der Waals surface area contributed by atoms with Gasteiger partial charge >= 0.3 is 5.97 Å². The van der Waals surface area contributed by atoms with Gasteiger partial charge in [-0.25, -0.2) is 4.79 Å². The highest BCUT2D eigenvalue weighted by Crippen LogP contribution is 1.97. The minimum Gasteiger partial charge on any atom is -0.480 e. The minimum atomic E-state index is -1.57. The number of primary amides is 1. The zero-order valence-electron chi connectivity index (χ0n) is 14.1. The molecule has 154 valence electrons. The lowest BCUT2D eigenvalue weighted by Crippen LogP contribution is -2.59. The van der Waals surface area contributed by atoms with Crippen LogP contribution in [0.5, 0.6) is 0 Å². The van der Waals surface area contributed by atoms with E-state index in [1.807, 2.05) is 5.32 Å². The van der Waals surface area contributed by atoms with Crippen molar-refractivity contribution >= 4 is 42.2 Å². The quantitative estimate of drug-likeness (QED) is 0.140. The molecule has 0 saturated heterocycles. The highest BCUT2D eigenvalue weighted by Gasteiger charge is 2.30. The van der Waals surface area contributed by atoms with E-state index in [1.165, 1.54) is 0 Å². The molecule has 13 nitrogen and oxygen atoms in total. The number of thiol groups is 1. The Labute approximate surface area is 159 Å². The van der Waals surface area contributed by atoms with Gasteiger partial charge in [-0.3, -0.25) is 19.2 Å². The van der Waals surface area contributed by atoms with Crippen LogP contribution in [0.4, 0.5) is 0 Å². The Hall–Kier alpha value is -2.42. The molecule has 4 amide bonds. The largest absolute Gasteiger partial charge is 0.480 e. The number of carbonyl (C=O) groups is 5. The first-order valence-electron chi connectivity index (χ1n) is 7.57. The molecule has 0 aromatic rings. The molecular formula is C13H23N5O8S. The number of nitrogens with one attached hydrogen (secondary N) is 3. The Morgan fingerprint density at radius 1 is 0.852 bits per heavy atom. The summed E-state index contributed by atoms with van der Waals surface area (Å²) in [5, 5.41) is 33.2. The van der Waals surface area contributed by atoms with Crippen molar-refractivity contribution in [1.82, 2.24) is 16.0 Å². The van der Waals surface area contributed by atoms with E-state index in [9.17, 15) is 29.1 Å². The van der Waals surface area contributed by atoms with Gasteiger partial charge in [0.1, 0.15) is 24.2 Å². The molecule has 0 aromatic heterocycles. The monoisotopic (exact) mass is 409 g/mol. The smallest absolute Gasteiger partial charge is 0.327 e. The second-order valence-electron chi connectivity index (χ2n) is 5.35. The fourth-order valence-electron chi connectivity index (χ4n) is 1.70. The van der Waals surface area contributed by atoms with Gasteiger partial charge in [0.05, 0.1) is 19.6 Å². The van der Waals surface area contributed by atoms with Gasteiger partial charge in [0.15, 0.2) is 0 Å². The number of amides is 4. The maximum atomic E-state index is 12.2. The lowest BCUT2D eigenvalue weighted by atomic mass is 10.1. The average Bonchev–Trinajstić information content (AvgIpc) is 2.61. The third-order valence-electron chi connectivity index (χ3n) is 3.18. The maximum Gasteiger partial charge on any atom is 0.327 e. The Balaban J connectivity index is 5.13. The molecule has 0 fully saturated rings. The summed E-state index contributed by atoms with van der Waals surface area (Å²) in [4.78, 5) is 57.9. The van der Waals surface area contributed by atoms with E-state index in [4.69, 9.17) is 21.7 Å². The van der Waals surface area contributed by atoms with E-state index in [1.54, 1.807) is 0 Å². The highest BCUT2D eigenvalue weighted by atomic mass is 32.1. The van der Waals surface area contributed by atoms with Crippen LogP contribution in [0.3, 0.4) is 0 Å². The van der Waals surface area contributed by atoms with Gasteiger partial charge in [0, 0.05) is 5.75 Å². The van der Waals surface area contributed by atoms with Crippen molar-refractivity contribution in [1.29, 1.82) is 0 Å². The first-order valence-corrected chi connectivity index (χ1v) is 8.20. The molecule has 27 heavy (non-hydrogen) atoms. The maximum absolute atomic E-state index is 12.2. The summed E-state index contributed by atoms with van der Waals surface area (Å²) in [5.41, 5.74) is 10.3. The number of aliphatic hydroxyl groups excluding tert-OH is 2. The number of aliphatic hydroxyl groups is 2. The third kappa shape index (κ3) is 8.67. The van der Waals surface area contributed by atoms with Gasteiger partial charge < -0.3 is 42.7 Å². The lowest BCUT2D eigenvalue weighted by Gasteiger charge is -2.23. The molecule has 0 radical (unpaired) electrons. The molecular weight excluding hydrogens is 386 g/mol. The van der Waals surface area contributed by atoms with Gasteiger partial charge in [0.25, 0.3) is 0 Å². The van der Waals surface area contributed by atoms with Crippen molar-refractivity contribution in [3.8, 4) is 0 Å². The molecule has 14 heteroatoms. The van der Waals surface area contributed by atoms with Crippen molar-refractivity contribution < 1.29 is 39.3 Å². The van der Waals surface area contributed by atoms with Crippen molar-refractivity contribution in [2.75, 3.05) is 19.0 Å². The van der Waals surface area contributed by atoms with Gasteiger partial charge in [-0.15, -0.1) is 0 Å². The second-order valence-corrected chi connectivity index (χ2v) is 5.71. The van der Waals surface area contributed by atoms with Crippen LogP contribution in [0, 0.1) is 0 Å². The van der Waals surface area contributed by atoms with Crippen molar-refractivity contribution in [2.45, 2.75) is 30.6 Å². The Bertz CT molecular complexity index is 575. The molecule has 4 unspecified atom stereocenters. The van der Waals surface area contributed by atoms with Crippen LogP contribution in [0.2, 0.25) is 0 Å². The Morgan fingerprint density at radius 3 is 1.74 bits per heavy atom. The number of hydrogen-bond donors (Lipinski definition) is 9. The van der Waals surface area contributed by atoms with E-state index in [2.05, 4.69) is 23.3 Å². The van der Waals surface area contributed by atoms with Crippen molar-refractivity contribution in [3.63, 3.8) is 0 Å². The van der Waals surface area contributed by atoms with Crippen LogP contribution in [-0.4, -0.2) is 88.1 Å². The average molecular weight is 409 g/mol. The third-order valence-corrected chi connectivity index (χ3v) is 3.55. The minimum absolute atomic E-state index is 0.243.